The Morgan fingerprint density at radius 2 is 2.50 bits per heavy atom. The van der Waals surface area contributed by atoms with Crippen LogP contribution >= 0.6 is 8.43 Å². The van der Waals surface area contributed by atoms with Gasteiger partial charge in [-0.15, -0.1) is 0 Å². The third-order valence-corrected chi connectivity index (χ3v) is 2.36. The summed E-state index contributed by atoms with van der Waals surface area (Å²) < 4.78 is 9.92. The standard InChI is InChI=1S/C7H7O4P/c8-5-3-10-7(9)4-1-2-12-11-6(4)5/h1-2,6-7,9H,3H2. The Labute approximate surface area is 70.7 Å². The van der Waals surface area contributed by atoms with Crippen molar-refractivity contribution < 1.29 is 19.2 Å². The first-order chi connectivity index (χ1) is 5.79. The molecule has 0 saturated carbocycles. The number of rotatable bonds is 0. The van der Waals surface area contributed by atoms with Gasteiger partial charge in [-0.3, -0.25) is 4.79 Å². The minimum atomic E-state index is -0.987. The van der Waals surface area contributed by atoms with Gasteiger partial charge in [-0.25, -0.2) is 0 Å². The van der Waals surface area contributed by atoms with E-state index in [0.29, 0.717) is 14.0 Å². The smallest absolute Gasteiger partial charge is 0.192 e. The van der Waals surface area contributed by atoms with Gasteiger partial charge in [-0.1, -0.05) is 0 Å². The fourth-order valence-electron chi connectivity index (χ4n) is 1.15. The van der Waals surface area contributed by atoms with Crippen molar-refractivity contribution in [1.29, 1.82) is 0 Å². The second-order valence-corrected chi connectivity index (χ2v) is 3.26. The molecular formula is C7H7O4P. The van der Waals surface area contributed by atoms with Crippen LogP contribution in [0, 0.1) is 0 Å². The highest BCUT2D eigenvalue weighted by molar-refractivity contribution is 7.33. The lowest BCUT2D eigenvalue weighted by atomic mass is 10.0. The lowest BCUT2D eigenvalue weighted by molar-refractivity contribution is -0.151. The van der Waals surface area contributed by atoms with E-state index in [9.17, 15) is 9.90 Å². The Balaban J connectivity index is 2.29. The molecule has 0 aliphatic carbocycles. The van der Waals surface area contributed by atoms with E-state index < -0.39 is 12.4 Å². The molecule has 0 bridgehead atoms. The molecule has 1 fully saturated rings. The molecule has 5 heteroatoms. The molecule has 4 nitrogen and oxygen atoms in total. The number of carbonyl (C=O) groups is 1. The Morgan fingerprint density at radius 3 is 3.25 bits per heavy atom. The van der Waals surface area contributed by atoms with E-state index in [4.69, 9.17) is 9.26 Å². The molecule has 1 saturated heterocycles. The fraction of sp³-hybridized carbons (Fsp3) is 0.429. The van der Waals surface area contributed by atoms with E-state index in [1.807, 2.05) is 0 Å². The second-order valence-electron chi connectivity index (χ2n) is 2.54. The summed E-state index contributed by atoms with van der Waals surface area (Å²) in [5.74, 6) is 1.59. The third kappa shape index (κ3) is 1.23. The highest BCUT2D eigenvalue weighted by Crippen LogP contribution is 2.25. The summed E-state index contributed by atoms with van der Waals surface area (Å²) in [4.78, 5) is 11.2. The normalized spacial score (nSPS) is 35.8. The Hall–Kier alpha value is -0.540. The van der Waals surface area contributed by atoms with Crippen LogP contribution in [-0.4, -0.2) is 35.7 Å². The molecule has 0 aromatic carbocycles. The first-order valence-electron chi connectivity index (χ1n) is 3.50. The predicted molar refractivity (Wildman–Crippen MR) is 42.9 cm³/mol. The molecule has 2 rings (SSSR count). The minimum Gasteiger partial charge on any atom is -0.364 e. The number of ether oxygens (including phenoxy) is 1. The number of aliphatic hydroxyl groups excluding tert-OH is 1. The first-order valence-corrected chi connectivity index (χ1v) is 4.39. The van der Waals surface area contributed by atoms with Crippen LogP contribution in [0.3, 0.4) is 0 Å². The molecule has 0 amide bonds. The molecule has 0 spiro atoms. The molecule has 64 valence electrons. The van der Waals surface area contributed by atoms with Gasteiger partial charge in [0.15, 0.2) is 18.2 Å². The van der Waals surface area contributed by atoms with Gasteiger partial charge in [-0.2, -0.15) is 0 Å². The van der Waals surface area contributed by atoms with Crippen LogP contribution in [0.4, 0.5) is 0 Å². The van der Waals surface area contributed by atoms with Gasteiger partial charge in [-0.05, 0) is 11.9 Å². The average Bonchev–Trinajstić information content (AvgIpc) is 2.12. The van der Waals surface area contributed by atoms with Gasteiger partial charge >= 0.3 is 0 Å². The molecule has 0 aromatic heterocycles. The number of ketones is 1. The van der Waals surface area contributed by atoms with Crippen molar-refractivity contribution in [3.8, 4) is 0 Å². The van der Waals surface area contributed by atoms with E-state index in [2.05, 4.69) is 0 Å². The lowest BCUT2D eigenvalue weighted by Gasteiger charge is -2.28. The molecule has 2 aliphatic heterocycles. The van der Waals surface area contributed by atoms with Crippen LogP contribution in [0.5, 0.6) is 0 Å². The largest absolute Gasteiger partial charge is 0.364 e. The van der Waals surface area contributed by atoms with Crippen molar-refractivity contribution in [3.05, 3.63) is 11.6 Å². The molecule has 1 N–H and O–H groups in total. The van der Waals surface area contributed by atoms with Crippen molar-refractivity contribution in [2.75, 3.05) is 6.61 Å². The van der Waals surface area contributed by atoms with Crippen molar-refractivity contribution in [1.82, 2.24) is 0 Å². The third-order valence-electron chi connectivity index (χ3n) is 1.76. The highest BCUT2D eigenvalue weighted by Gasteiger charge is 2.34. The molecule has 2 unspecified atom stereocenters. The molecule has 2 heterocycles. The van der Waals surface area contributed by atoms with Crippen molar-refractivity contribution in [3.63, 3.8) is 0 Å². The quantitative estimate of drug-likeness (QED) is 0.536. The molecule has 2 aliphatic rings. The van der Waals surface area contributed by atoms with E-state index in [-0.39, 0.29) is 12.4 Å². The zero-order chi connectivity index (χ0) is 8.55. The van der Waals surface area contributed by atoms with Crippen molar-refractivity contribution in [2.45, 2.75) is 12.4 Å². The number of allylic oxidation sites excluding steroid dienone is 1. The van der Waals surface area contributed by atoms with Gasteiger partial charge in [0.1, 0.15) is 6.61 Å². The van der Waals surface area contributed by atoms with Crippen LogP contribution in [0.2, 0.25) is 0 Å². The maximum atomic E-state index is 11.2. The molecular weight excluding hydrogens is 179 g/mol. The predicted octanol–water partition coefficient (Wildman–Crippen LogP) is -0.107. The molecule has 0 radical (unpaired) electrons. The number of hydrogen-bond donors (Lipinski definition) is 1. The van der Waals surface area contributed by atoms with Gasteiger partial charge in [0.25, 0.3) is 0 Å². The van der Waals surface area contributed by atoms with Gasteiger partial charge in [0.05, 0.1) is 8.43 Å². The zero-order valence-corrected chi connectivity index (χ0v) is 7.03. The van der Waals surface area contributed by atoms with Crippen molar-refractivity contribution >= 4 is 20.0 Å². The Morgan fingerprint density at radius 1 is 1.67 bits per heavy atom. The Bertz CT molecular complexity index is 271. The topological polar surface area (TPSA) is 55.8 Å². The van der Waals surface area contributed by atoms with Crippen LogP contribution in [-0.2, 0) is 14.1 Å². The van der Waals surface area contributed by atoms with E-state index >= 15 is 0 Å². The van der Waals surface area contributed by atoms with Gasteiger partial charge in [0.2, 0.25) is 0 Å². The monoisotopic (exact) mass is 186 g/mol. The zero-order valence-electron chi connectivity index (χ0n) is 6.14. The summed E-state index contributed by atoms with van der Waals surface area (Å²) in [7, 11) is 0.648. The number of hydrogen-bond acceptors (Lipinski definition) is 4. The number of Topliss-reactive ketones (excluding diaryl/α,β-unsaturated/α-hetero) is 1. The number of aliphatic hydroxyl groups is 1. The summed E-state index contributed by atoms with van der Waals surface area (Å²) >= 11 is 0. The summed E-state index contributed by atoms with van der Waals surface area (Å²) in [6.45, 7) is -0.0707. The van der Waals surface area contributed by atoms with Crippen LogP contribution in [0.15, 0.2) is 11.6 Å². The second kappa shape index (κ2) is 3.07. The summed E-state index contributed by atoms with van der Waals surface area (Å²) in [6, 6.07) is 0. The molecule has 0 aromatic rings. The number of carbonyl (C=O) groups excluding carboxylic acids is 1. The van der Waals surface area contributed by atoms with E-state index in [1.54, 1.807) is 11.9 Å². The number of fused-ring (bicyclic) bond motifs is 1. The van der Waals surface area contributed by atoms with Gasteiger partial charge in [0, 0.05) is 5.57 Å². The van der Waals surface area contributed by atoms with Crippen LogP contribution in [0.1, 0.15) is 0 Å². The minimum absolute atomic E-state index is 0.0707. The summed E-state index contributed by atoms with van der Waals surface area (Å²) in [5, 5.41) is 9.28. The summed E-state index contributed by atoms with van der Waals surface area (Å²) in [5.41, 5.74) is 0.505. The maximum absolute atomic E-state index is 11.2. The summed E-state index contributed by atoms with van der Waals surface area (Å²) in [6.07, 6.45) is 0.0946. The van der Waals surface area contributed by atoms with Crippen LogP contribution < -0.4 is 0 Å². The Kier molecular flexibility index (Phi) is 2.07. The van der Waals surface area contributed by atoms with E-state index in [1.165, 1.54) is 0 Å². The first kappa shape index (κ1) is 8.08. The molecule has 2 atom stereocenters. The molecule has 12 heavy (non-hydrogen) atoms. The maximum Gasteiger partial charge on any atom is 0.192 e. The lowest BCUT2D eigenvalue weighted by Crippen LogP contribution is -2.41. The highest BCUT2D eigenvalue weighted by atomic mass is 31.1. The van der Waals surface area contributed by atoms with Gasteiger partial charge < -0.3 is 14.4 Å². The van der Waals surface area contributed by atoms with Crippen LogP contribution in [0.25, 0.3) is 0 Å². The van der Waals surface area contributed by atoms with E-state index in [0.717, 1.165) is 0 Å². The average molecular weight is 186 g/mol. The SMILES string of the molecule is O=C1COC(O)C2=CC=POC12. The fourth-order valence-corrected chi connectivity index (χ4v) is 1.81. The van der Waals surface area contributed by atoms with Crippen molar-refractivity contribution in [2.24, 2.45) is 0 Å².